The van der Waals surface area contributed by atoms with E-state index in [-0.39, 0.29) is 29.9 Å². The number of aromatic hydroxyl groups is 1. The zero-order valence-corrected chi connectivity index (χ0v) is 12.2. The lowest BCUT2D eigenvalue weighted by Crippen LogP contribution is -2.56. The van der Waals surface area contributed by atoms with E-state index in [4.69, 9.17) is 0 Å². The summed E-state index contributed by atoms with van der Waals surface area (Å²) in [7, 11) is 0. The Bertz CT molecular complexity index is 871. The molecule has 3 rings (SSSR count). The highest BCUT2D eigenvalue weighted by molar-refractivity contribution is 6.01. The smallest absolute Gasteiger partial charge is 0.266 e. The van der Waals surface area contributed by atoms with Gasteiger partial charge in [-0.2, -0.15) is 0 Å². The van der Waals surface area contributed by atoms with Crippen molar-refractivity contribution in [1.82, 2.24) is 14.9 Å². The molecule has 114 valence electrons. The van der Waals surface area contributed by atoms with Gasteiger partial charge < -0.3 is 5.11 Å². The molecule has 7 heteroatoms. The van der Waals surface area contributed by atoms with Crippen LogP contribution in [0.2, 0.25) is 0 Å². The van der Waals surface area contributed by atoms with Crippen molar-refractivity contribution in [2.45, 2.75) is 32.2 Å². The molecule has 2 aromatic rings. The lowest BCUT2D eigenvalue weighted by atomic mass is 9.90. The molecule has 1 aliphatic heterocycles. The lowest BCUT2D eigenvalue weighted by molar-refractivity contribution is -0.140. The fourth-order valence-electron chi connectivity index (χ4n) is 2.91. The molecule has 22 heavy (non-hydrogen) atoms. The summed E-state index contributed by atoms with van der Waals surface area (Å²) in [6, 6.07) is 4.63. The number of carbonyl (C=O) groups excluding carboxylic acids is 2. The molecule has 1 atom stereocenters. The van der Waals surface area contributed by atoms with Gasteiger partial charge in [-0.05, 0) is 32.4 Å². The number of rotatable bonds is 1. The number of hydrogen-bond donors (Lipinski definition) is 2. The van der Waals surface area contributed by atoms with Crippen LogP contribution in [-0.4, -0.2) is 26.5 Å². The Morgan fingerprint density at radius 1 is 1.32 bits per heavy atom. The number of benzene rings is 1. The van der Waals surface area contributed by atoms with E-state index in [1.165, 1.54) is 10.6 Å². The van der Waals surface area contributed by atoms with E-state index >= 15 is 0 Å². The molecule has 1 fully saturated rings. The molecule has 1 unspecified atom stereocenters. The number of hydrogen-bond acceptors (Lipinski definition) is 5. The third-order valence-corrected chi connectivity index (χ3v) is 4.12. The number of phenols is 1. The third-order valence-electron chi connectivity index (χ3n) is 4.12. The number of nitrogens with zero attached hydrogens (tertiary/aromatic N) is 2. The standard InChI is InChI=1S/C15H15N3O4/c1-8-16-9-4-3-5-10(19)12(9)13(21)18(8)15(2)7-6-11(20)17-14(15)22/h3-5,19H,6-7H2,1-2H3,(H,17,20,22). The van der Waals surface area contributed by atoms with Gasteiger partial charge in [-0.3, -0.25) is 24.3 Å². The monoisotopic (exact) mass is 301 g/mol. The van der Waals surface area contributed by atoms with Crippen LogP contribution < -0.4 is 10.9 Å². The van der Waals surface area contributed by atoms with E-state index < -0.39 is 17.0 Å². The van der Waals surface area contributed by atoms with Crippen LogP contribution >= 0.6 is 0 Å². The van der Waals surface area contributed by atoms with Gasteiger partial charge >= 0.3 is 0 Å². The van der Waals surface area contributed by atoms with Crippen molar-refractivity contribution in [2.75, 3.05) is 0 Å². The molecular weight excluding hydrogens is 286 g/mol. The van der Waals surface area contributed by atoms with Crippen LogP contribution in [0.25, 0.3) is 10.9 Å². The van der Waals surface area contributed by atoms with E-state index in [2.05, 4.69) is 10.3 Å². The molecule has 2 amide bonds. The largest absolute Gasteiger partial charge is 0.507 e. The van der Waals surface area contributed by atoms with Gasteiger partial charge in [0.05, 0.1) is 5.52 Å². The number of imide groups is 1. The van der Waals surface area contributed by atoms with Gasteiger partial charge in [-0.1, -0.05) is 6.07 Å². The maximum Gasteiger partial charge on any atom is 0.266 e. The molecule has 2 heterocycles. The maximum absolute atomic E-state index is 12.8. The first-order valence-corrected chi connectivity index (χ1v) is 6.91. The summed E-state index contributed by atoms with van der Waals surface area (Å²) in [5.74, 6) is -0.718. The van der Waals surface area contributed by atoms with Gasteiger partial charge in [0.15, 0.2) is 0 Å². The van der Waals surface area contributed by atoms with E-state index in [1.807, 2.05) is 0 Å². The molecule has 1 aromatic heterocycles. The van der Waals surface area contributed by atoms with Crippen molar-refractivity contribution in [3.8, 4) is 5.75 Å². The normalized spacial score (nSPS) is 21.9. The molecular formula is C15H15N3O4. The molecule has 0 bridgehead atoms. The number of carbonyl (C=O) groups is 2. The van der Waals surface area contributed by atoms with Crippen molar-refractivity contribution < 1.29 is 14.7 Å². The second-order valence-corrected chi connectivity index (χ2v) is 5.62. The minimum absolute atomic E-state index is 0.0685. The van der Waals surface area contributed by atoms with Crippen LogP contribution in [-0.2, 0) is 15.1 Å². The molecule has 0 aliphatic carbocycles. The number of amides is 2. The topological polar surface area (TPSA) is 101 Å². The Balaban J connectivity index is 2.32. The average Bonchev–Trinajstić information content (AvgIpc) is 2.43. The fourth-order valence-corrected chi connectivity index (χ4v) is 2.91. The highest BCUT2D eigenvalue weighted by atomic mass is 16.3. The van der Waals surface area contributed by atoms with Crippen LogP contribution in [0, 0.1) is 6.92 Å². The quantitative estimate of drug-likeness (QED) is 0.750. The summed E-state index contributed by atoms with van der Waals surface area (Å²) in [5.41, 5.74) is -1.33. The first-order chi connectivity index (χ1) is 10.3. The van der Waals surface area contributed by atoms with Gasteiger partial charge in [0.2, 0.25) is 5.91 Å². The van der Waals surface area contributed by atoms with Crippen LogP contribution in [0.15, 0.2) is 23.0 Å². The summed E-state index contributed by atoms with van der Waals surface area (Å²) in [5, 5.41) is 12.3. The van der Waals surface area contributed by atoms with Crippen LogP contribution in [0.5, 0.6) is 5.75 Å². The molecule has 1 aliphatic rings. The van der Waals surface area contributed by atoms with E-state index in [9.17, 15) is 19.5 Å². The van der Waals surface area contributed by atoms with Crippen molar-refractivity contribution in [3.05, 3.63) is 34.4 Å². The zero-order valence-electron chi connectivity index (χ0n) is 12.2. The zero-order chi connectivity index (χ0) is 16.1. The van der Waals surface area contributed by atoms with E-state index in [1.54, 1.807) is 26.0 Å². The number of piperidine rings is 1. The predicted molar refractivity (Wildman–Crippen MR) is 78.4 cm³/mol. The second kappa shape index (κ2) is 4.66. The Morgan fingerprint density at radius 2 is 2.05 bits per heavy atom. The van der Waals surface area contributed by atoms with Gasteiger partial charge in [0.1, 0.15) is 22.5 Å². The molecule has 1 saturated heterocycles. The third kappa shape index (κ3) is 1.89. The average molecular weight is 301 g/mol. The molecule has 0 saturated carbocycles. The Hall–Kier alpha value is -2.70. The van der Waals surface area contributed by atoms with Crippen molar-refractivity contribution in [3.63, 3.8) is 0 Å². The van der Waals surface area contributed by atoms with Gasteiger partial charge in [0, 0.05) is 6.42 Å². The fraction of sp³-hybridized carbons (Fsp3) is 0.333. The Labute approximate surface area is 125 Å². The number of phenolic OH excluding ortho intramolecular Hbond substituents is 1. The van der Waals surface area contributed by atoms with Crippen molar-refractivity contribution in [2.24, 2.45) is 0 Å². The van der Waals surface area contributed by atoms with Crippen LogP contribution in [0.3, 0.4) is 0 Å². The minimum atomic E-state index is -1.21. The molecule has 2 N–H and O–H groups in total. The van der Waals surface area contributed by atoms with E-state index in [0.29, 0.717) is 11.3 Å². The molecule has 1 aromatic carbocycles. The second-order valence-electron chi connectivity index (χ2n) is 5.62. The minimum Gasteiger partial charge on any atom is -0.507 e. The number of aromatic nitrogens is 2. The van der Waals surface area contributed by atoms with Crippen molar-refractivity contribution in [1.29, 1.82) is 0 Å². The van der Waals surface area contributed by atoms with Crippen LogP contribution in [0.1, 0.15) is 25.6 Å². The molecule has 7 nitrogen and oxygen atoms in total. The molecule has 0 spiro atoms. The van der Waals surface area contributed by atoms with Crippen LogP contribution in [0.4, 0.5) is 0 Å². The lowest BCUT2D eigenvalue weighted by Gasteiger charge is -2.34. The van der Waals surface area contributed by atoms with E-state index in [0.717, 1.165) is 0 Å². The maximum atomic E-state index is 12.8. The van der Waals surface area contributed by atoms with Gasteiger partial charge in [-0.15, -0.1) is 0 Å². The summed E-state index contributed by atoms with van der Waals surface area (Å²) >= 11 is 0. The SMILES string of the molecule is Cc1nc2cccc(O)c2c(=O)n1C1(C)CCC(=O)NC1=O. The highest BCUT2D eigenvalue weighted by Gasteiger charge is 2.42. The number of aryl methyl sites for hydroxylation is 1. The Morgan fingerprint density at radius 3 is 2.73 bits per heavy atom. The first-order valence-electron chi connectivity index (χ1n) is 6.91. The first kappa shape index (κ1) is 14.2. The van der Waals surface area contributed by atoms with Gasteiger partial charge in [0.25, 0.3) is 11.5 Å². The predicted octanol–water partition coefficient (Wildman–Crippen LogP) is 0.562. The summed E-state index contributed by atoms with van der Waals surface area (Å²) in [4.78, 5) is 40.7. The van der Waals surface area contributed by atoms with Crippen molar-refractivity contribution >= 4 is 22.7 Å². The molecule has 0 radical (unpaired) electrons. The highest BCUT2D eigenvalue weighted by Crippen LogP contribution is 2.28. The number of fused-ring (bicyclic) bond motifs is 1. The summed E-state index contributed by atoms with van der Waals surface area (Å²) < 4.78 is 1.26. The number of nitrogens with one attached hydrogen (secondary N) is 1. The van der Waals surface area contributed by atoms with Gasteiger partial charge in [-0.25, -0.2) is 4.98 Å². The summed E-state index contributed by atoms with van der Waals surface area (Å²) in [6.45, 7) is 3.22. The summed E-state index contributed by atoms with van der Waals surface area (Å²) in [6.07, 6.45) is 0.353. The Kier molecular flexibility index (Phi) is 3.01.